The minimum Gasteiger partial charge on any atom is -0.348 e. The molecule has 0 aromatic rings. The van der Waals surface area contributed by atoms with Gasteiger partial charge in [0.2, 0.25) is 0 Å². The van der Waals surface area contributed by atoms with Gasteiger partial charge in [0.05, 0.1) is 13.2 Å². The molecule has 2 heteroatoms. The third-order valence-electron chi connectivity index (χ3n) is 2.13. The fourth-order valence-corrected chi connectivity index (χ4v) is 1.73. The first-order valence-corrected chi connectivity index (χ1v) is 3.59. The van der Waals surface area contributed by atoms with Crippen LogP contribution in [-0.4, -0.2) is 19.0 Å². The lowest BCUT2D eigenvalue weighted by Crippen LogP contribution is -2.43. The molecule has 1 saturated carbocycles. The molecule has 0 N–H and O–H groups in total. The summed E-state index contributed by atoms with van der Waals surface area (Å²) in [6, 6.07) is 0. The predicted molar refractivity (Wildman–Crippen MR) is 33.0 cm³/mol. The van der Waals surface area contributed by atoms with Crippen LogP contribution in [0, 0.1) is 5.92 Å². The van der Waals surface area contributed by atoms with Crippen LogP contribution < -0.4 is 0 Å². The van der Waals surface area contributed by atoms with Gasteiger partial charge in [-0.2, -0.15) is 0 Å². The Bertz CT molecular complexity index is 108. The average molecular weight is 128 g/mol. The van der Waals surface area contributed by atoms with E-state index in [1.165, 1.54) is 0 Å². The summed E-state index contributed by atoms with van der Waals surface area (Å²) in [7, 11) is 0. The quantitative estimate of drug-likeness (QED) is 0.487. The molecule has 0 amide bonds. The maximum absolute atomic E-state index is 5.42. The minimum atomic E-state index is -0.112. The minimum absolute atomic E-state index is 0.112. The van der Waals surface area contributed by atoms with Crippen molar-refractivity contribution >= 4 is 0 Å². The molecule has 0 bridgehead atoms. The Kier molecular flexibility index (Phi) is 1.08. The van der Waals surface area contributed by atoms with Gasteiger partial charge in [0.1, 0.15) is 0 Å². The molecule has 0 atom stereocenters. The first-order valence-electron chi connectivity index (χ1n) is 3.59. The molecule has 2 nitrogen and oxygen atoms in total. The maximum atomic E-state index is 5.42. The van der Waals surface area contributed by atoms with Gasteiger partial charge in [0.25, 0.3) is 0 Å². The van der Waals surface area contributed by atoms with Crippen molar-refractivity contribution in [1.29, 1.82) is 0 Å². The highest BCUT2D eigenvalue weighted by Gasteiger charge is 2.46. The molecule has 1 aliphatic carbocycles. The van der Waals surface area contributed by atoms with Gasteiger partial charge in [0.15, 0.2) is 5.79 Å². The van der Waals surface area contributed by atoms with Crippen molar-refractivity contribution in [2.45, 2.75) is 25.6 Å². The van der Waals surface area contributed by atoms with Gasteiger partial charge in [0, 0.05) is 12.8 Å². The molecule has 52 valence electrons. The van der Waals surface area contributed by atoms with E-state index in [9.17, 15) is 0 Å². The Balaban J connectivity index is 1.95. The topological polar surface area (TPSA) is 18.5 Å². The summed E-state index contributed by atoms with van der Waals surface area (Å²) < 4.78 is 10.8. The molecule has 0 aromatic carbocycles. The van der Waals surface area contributed by atoms with E-state index in [2.05, 4.69) is 6.92 Å². The maximum Gasteiger partial charge on any atom is 0.169 e. The monoisotopic (exact) mass is 128 g/mol. The standard InChI is InChI=1S/C7H12O2/c1-6-4-7(5-6)8-2-3-9-7/h6H,2-5H2,1H3. The van der Waals surface area contributed by atoms with Crippen molar-refractivity contribution in [3.8, 4) is 0 Å². The van der Waals surface area contributed by atoms with Crippen LogP contribution in [-0.2, 0) is 9.47 Å². The van der Waals surface area contributed by atoms with Crippen LogP contribution in [0.1, 0.15) is 19.8 Å². The molecule has 1 aliphatic heterocycles. The highest BCUT2D eigenvalue weighted by Crippen LogP contribution is 2.43. The third-order valence-corrected chi connectivity index (χ3v) is 2.13. The van der Waals surface area contributed by atoms with Gasteiger partial charge in [-0.1, -0.05) is 6.92 Å². The zero-order valence-corrected chi connectivity index (χ0v) is 5.72. The van der Waals surface area contributed by atoms with E-state index in [0.29, 0.717) is 0 Å². The van der Waals surface area contributed by atoms with Gasteiger partial charge in [-0.05, 0) is 5.92 Å². The summed E-state index contributed by atoms with van der Waals surface area (Å²) >= 11 is 0. The van der Waals surface area contributed by atoms with E-state index in [4.69, 9.17) is 9.47 Å². The molecule has 2 aliphatic rings. The molecule has 9 heavy (non-hydrogen) atoms. The van der Waals surface area contributed by atoms with Crippen molar-refractivity contribution in [3.05, 3.63) is 0 Å². The highest BCUT2D eigenvalue weighted by molar-refractivity contribution is 4.88. The normalized spacial score (nSPS) is 33.0. The lowest BCUT2D eigenvalue weighted by Gasteiger charge is -2.40. The zero-order chi connectivity index (χ0) is 6.32. The van der Waals surface area contributed by atoms with Crippen LogP contribution >= 0.6 is 0 Å². The Morgan fingerprint density at radius 1 is 1.22 bits per heavy atom. The molecule has 2 fully saturated rings. The van der Waals surface area contributed by atoms with Crippen LogP contribution in [0.3, 0.4) is 0 Å². The highest BCUT2D eigenvalue weighted by atomic mass is 16.7. The Labute approximate surface area is 55.1 Å². The van der Waals surface area contributed by atoms with Gasteiger partial charge in [-0.15, -0.1) is 0 Å². The number of hydrogen-bond acceptors (Lipinski definition) is 2. The van der Waals surface area contributed by atoms with Gasteiger partial charge in [-0.3, -0.25) is 0 Å². The van der Waals surface area contributed by atoms with E-state index in [1.54, 1.807) is 0 Å². The largest absolute Gasteiger partial charge is 0.348 e. The van der Waals surface area contributed by atoms with Crippen molar-refractivity contribution in [2.24, 2.45) is 5.92 Å². The third kappa shape index (κ3) is 0.775. The van der Waals surface area contributed by atoms with Gasteiger partial charge >= 0.3 is 0 Å². The van der Waals surface area contributed by atoms with E-state index in [1.807, 2.05) is 0 Å². The number of ether oxygens (including phenoxy) is 2. The number of hydrogen-bond donors (Lipinski definition) is 0. The molecule has 0 aromatic heterocycles. The van der Waals surface area contributed by atoms with Gasteiger partial charge < -0.3 is 9.47 Å². The second-order valence-corrected chi connectivity index (χ2v) is 3.12. The fraction of sp³-hybridized carbons (Fsp3) is 1.00. The molecule has 0 radical (unpaired) electrons. The second-order valence-electron chi connectivity index (χ2n) is 3.12. The molecular formula is C7H12O2. The first kappa shape index (κ1) is 5.69. The van der Waals surface area contributed by atoms with E-state index in [-0.39, 0.29) is 5.79 Å². The summed E-state index contributed by atoms with van der Waals surface area (Å²) in [4.78, 5) is 0. The van der Waals surface area contributed by atoms with Crippen molar-refractivity contribution < 1.29 is 9.47 Å². The van der Waals surface area contributed by atoms with E-state index in [0.717, 1.165) is 32.0 Å². The van der Waals surface area contributed by atoms with Crippen molar-refractivity contribution in [2.75, 3.05) is 13.2 Å². The molecule has 1 saturated heterocycles. The van der Waals surface area contributed by atoms with Crippen LogP contribution in [0.5, 0.6) is 0 Å². The Morgan fingerprint density at radius 2 is 1.78 bits per heavy atom. The fourth-order valence-electron chi connectivity index (χ4n) is 1.73. The summed E-state index contributed by atoms with van der Waals surface area (Å²) in [5, 5.41) is 0. The molecule has 0 unspecified atom stereocenters. The zero-order valence-electron chi connectivity index (χ0n) is 5.72. The average Bonchev–Trinajstić information content (AvgIpc) is 2.12. The van der Waals surface area contributed by atoms with Crippen LogP contribution in [0.15, 0.2) is 0 Å². The Hall–Kier alpha value is -0.0800. The van der Waals surface area contributed by atoms with E-state index >= 15 is 0 Å². The lowest BCUT2D eigenvalue weighted by molar-refractivity contribution is -0.227. The molecular weight excluding hydrogens is 116 g/mol. The molecule has 1 spiro atoms. The van der Waals surface area contributed by atoms with Crippen molar-refractivity contribution in [3.63, 3.8) is 0 Å². The Morgan fingerprint density at radius 3 is 2.22 bits per heavy atom. The number of rotatable bonds is 0. The SMILES string of the molecule is CC1CC2(C1)OCCO2. The van der Waals surface area contributed by atoms with Crippen LogP contribution in [0.25, 0.3) is 0 Å². The summed E-state index contributed by atoms with van der Waals surface area (Å²) in [6.45, 7) is 3.83. The lowest BCUT2D eigenvalue weighted by atomic mass is 9.80. The molecule has 1 heterocycles. The van der Waals surface area contributed by atoms with E-state index < -0.39 is 0 Å². The van der Waals surface area contributed by atoms with Crippen LogP contribution in [0.2, 0.25) is 0 Å². The first-order chi connectivity index (χ1) is 4.31. The summed E-state index contributed by atoms with van der Waals surface area (Å²) in [6.07, 6.45) is 2.21. The molecule has 2 rings (SSSR count). The van der Waals surface area contributed by atoms with Crippen LogP contribution in [0.4, 0.5) is 0 Å². The predicted octanol–water partition coefficient (Wildman–Crippen LogP) is 1.16. The summed E-state index contributed by atoms with van der Waals surface area (Å²) in [5.74, 6) is 0.697. The van der Waals surface area contributed by atoms with Gasteiger partial charge in [-0.25, -0.2) is 0 Å². The smallest absolute Gasteiger partial charge is 0.169 e. The summed E-state index contributed by atoms with van der Waals surface area (Å²) in [5.41, 5.74) is 0. The van der Waals surface area contributed by atoms with Crippen molar-refractivity contribution in [1.82, 2.24) is 0 Å². The second kappa shape index (κ2) is 1.70.